The highest BCUT2D eigenvalue weighted by Gasteiger charge is 2.51. The van der Waals surface area contributed by atoms with Crippen LogP contribution in [0.3, 0.4) is 0 Å². The lowest BCUT2D eigenvalue weighted by molar-refractivity contribution is 0.353. The molecule has 0 aromatic carbocycles. The van der Waals surface area contributed by atoms with E-state index in [4.69, 9.17) is 6.57 Å². The normalized spacial score (nSPS) is 19.9. The van der Waals surface area contributed by atoms with E-state index < -0.39 is 0 Å². The van der Waals surface area contributed by atoms with Crippen molar-refractivity contribution < 1.29 is 0 Å². The van der Waals surface area contributed by atoms with E-state index in [9.17, 15) is 15.8 Å². The van der Waals surface area contributed by atoms with Crippen LogP contribution in [0, 0.1) is 40.6 Å². The van der Waals surface area contributed by atoms with Crippen LogP contribution in [-0.4, -0.2) is 0 Å². The molecule has 39 heavy (non-hydrogen) atoms. The van der Waals surface area contributed by atoms with Gasteiger partial charge in [0.15, 0.2) is 0 Å². The molecule has 0 N–H and O–H groups in total. The van der Waals surface area contributed by atoms with Gasteiger partial charge in [0.05, 0.1) is 26.9 Å². The van der Waals surface area contributed by atoms with Crippen molar-refractivity contribution in [3.8, 4) is 28.0 Å². The third-order valence-corrected chi connectivity index (χ3v) is 13.0. The summed E-state index contributed by atoms with van der Waals surface area (Å²) in [7, 11) is 0. The Morgan fingerprint density at radius 2 is 1.46 bits per heavy atom. The summed E-state index contributed by atoms with van der Waals surface area (Å²) < 4.78 is 2.87. The molecule has 7 rings (SSSR count). The molecule has 0 radical (unpaired) electrons. The van der Waals surface area contributed by atoms with Gasteiger partial charge in [0.1, 0.15) is 17.7 Å². The number of hydrogen-bond donors (Lipinski definition) is 0. The van der Waals surface area contributed by atoms with E-state index in [1.165, 1.54) is 79.2 Å². The lowest BCUT2D eigenvalue weighted by Crippen LogP contribution is -2.28. The van der Waals surface area contributed by atoms with Crippen LogP contribution in [0.2, 0.25) is 0 Å². The van der Waals surface area contributed by atoms with E-state index in [0.717, 1.165) is 36.1 Å². The van der Waals surface area contributed by atoms with Crippen molar-refractivity contribution in [2.75, 3.05) is 0 Å². The van der Waals surface area contributed by atoms with Crippen LogP contribution in [0.4, 0.5) is 0 Å². The van der Waals surface area contributed by atoms with Crippen molar-refractivity contribution in [3.63, 3.8) is 0 Å². The van der Waals surface area contributed by atoms with Crippen molar-refractivity contribution in [1.29, 1.82) is 15.8 Å². The third kappa shape index (κ3) is 3.35. The van der Waals surface area contributed by atoms with Gasteiger partial charge < -0.3 is 0 Å². The van der Waals surface area contributed by atoms with E-state index >= 15 is 0 Å². The van der Waals surface area contributed by atoms with Gasteiger partial charge in [-0.1, -0.05) is 38.5 Å². The second-order valence-corrected chi connectivity index (χ2v) is 14.3. The highest BCUT2D eigenvalue weighted by Crippen LogP contribution is 2.67. The molecule has 190 valence electrons. The summed E-state index contributed by atoms with van der Waals surface area (Å²) in [5.41, 5.74) is 5.80. The summed E-state index contributed by atoms with van der Waals surface area (Å²) in [6, 6.07) is 8.40. The summed E-state index contributed by atoms with van der Waals surface area (Å²) in [5.74, 6) is 0. The monoisotopic (exact) mass is 560 g/mol. The molecular formula is C32H24N4S3. The zero-order valence-electron chi connectivity index (χ0n) is 21.4. The smallest absolute Gasteiger partial charge is 0.227 e. The minimum atomic E-state index is -0.0996. The highest BCUT2D eigenvalue weighted by atomic mass is 32.1. The molecule has 3 aromatic heterocycles. The SMILES string of the molecule is [C-]#[N+]/C(C#N)=C/C1=Cc2sc3c4c(sc3c2C12CCCCC2)-c1sc(C=C(C#N)C#N)cc1C41CCCCC1. The first kappa shape index (κ1) is 24.6. The minimum absolute atomic E-state index is 0.0199. The Labute approximate surface area is 240 Å². The predicted octanol–water partition coefficient (Wildman–Crippen LogP) is 9.61. The number of thiophene rings is 3. The summed E-state index contributed by atoms with van der Waals surface area (Å²) in [6.07, 6.45) is 17.6. The maximum absolute atomic E-state index is 9.52. The second-order valence-electron chi connectivity index (χ2n) is 11.1. The quantitative estimate of drug-likeness (QED) is 0.231. The number of nitriles is 3. The summed E-state index contributed by atoms with van der Waals surface area (Å²) in [5, 5.41) is 28.2. The molecule has 0 bridgehead atoms. The van der Waals surface area contributed by atoms with Crippen molar-refractivity contribution in [2.45, 2.75) is 75.0 Å². The zero-order chi connectivity index (χ0) is 26.8. The van der Waals surface area contributed by atoms with Gasteiger partial charge in [-0.15, -0.1) is 34.0 Å². The van der Waals surface area contributed by atoms with Crippen LogP contribution in [0.15, 0.2) is 29.0 Å². The standard InChI is InChI=1S/C32H24N4S3/c1-36-21(18-35)13-20-14-24-25(31(20)8-4-2-5-9-31)28-30(38-24)26-29(39-28)27-23(32(26)10-6-3-7-11-32)15-22(37-27)12-19(16-33)17-34/h12-15H,2-11H2/b21-13+. The topological polar surface area (TPSA) is 75.7 Å². The lowest BCUT2D eigenvalue weighted by atomic mass is 9.66. The van der Waals surface area contributed by atoms with Crippen molar-refractivity contribution in [2.24, 2.45) is 0 Å². The Kier molecular flexibility index (Phi) is 5.70. The highest BCUT2D eigenvalue weighted by molar-refractivity contribution is 7.32. The Morgan fingerprint density at radius 3 is 2.10 bits per heavy atom. The van der Waals surface area contributed by atoms with Crippen LogP contribution < -0.4 is 0 Å². The Hall–Kier alpha value is -3.46. The fourth-order valence-electron chi connectivity index (χ4n) is 7.68. The maximum Gasteiger partial charge on any atom is 0.262 e. The molecule has 0 aliphatic heterocycles. The predicted molar refractivity (Wildman–Crippen MR) is 159 cm³/mol. The molecule has 3 heterocycles. The van der Waals surface area contributed by atoms with Crippen LogP contribution in [-0.2, 0) is 10.8 Å². The van der Waals surface area contributed by atoms with Gasteiger partial charge in [-0.3, -0.25) is 0 Å². The van der Waals surface area contributed by atoms with Crippen molar-refractivity contribution in [1.82, 2.24) is 0 Å². The Morgan fingerprint density at radius 1 is 0.795 bits per heavy atom. The molecule has 0 unspecified atom stereocenters. The minimum Gasteiger partial charge on any atom is -0.227 e. The van der Waals surface area contributed by atoms with Gasteiger partial charge >= 0.3 is 0 Å². The number of fused-ring (bicyclic) bond motifs is 10. The second kappa shape index (κ2) is 9.05. The van der Waals surface area contributed by atoms with Crippen LogP contribution in [0.1, 0.15) is 90.7 Å². The fourth-order valence-corrected chi connectivity index (χ4v) is 12.3. The molecule has 7 heteroatoms. The maximum atomic E-state index is 9.52. The van der Waals surface area contributed by atoms with Crippen LogP contribution in [0.5, 0.6) is 0 Å². The molecular weight excluding hydrogens is 537 g/mol. The Balaban J connectivity index is 1.46. The number of hydrogen-bond acceptors (Lipinski definition) is 6. The molecule has 0 saturated heterocycles. The molecule has 4 aliphatic carbocycles. The average Bonchev–Trinajstić information content (AvgIpc) is 3.73. The summed E-state index contributed by atoms with van der Waals surface area (Å²) in [6.45, 7) is 7.47. The first-order chi connectivity index (χ1) is 19.1. The van der Waals surface area contributed by atoms with E-state index in [-0.39, 0.29) is 22.1 Å². The molecule has 4 aliphatic rings. The zero-order valence-corrected chi connectivity index (χ0v) is 23.8. The molecule has 2 spiro atoms. The van der Waals surface area contributed by atoms with Gasteiger partial charge in [-0.05, 0) is 66.7 Å². The first-order valence-electron chi connectivity index (χ1n) is 13.6. The van der Waals surface area contributed by atoms with Gasteiger partial charge in [0.2, 0.25) is 0 Å². The number of rotatable bonds is 2. The molecule has 2 saturated carbocycles. The van der Waals surface area contributed by atoms with Crippen molar-refractivity contribution in [3.05, 3.63) is 66.8 Å². The van der Waals surface area contributed by atoms with Crippen LogP contribution >= 0.6 is 34.0 Å². The van der Waals surface area contributed by atoms with E-state index in [1.54, 1.807) is 17.4 Å². The largest absolute Gasteiger partial charge is 0.262 e. The molecule has 3 aromatic rings. The molecule has 0 amide bonds. The summed E-state index contributed by atoms with van der Waals surface area (Å²) >= 11 is 5.60. The molecule has 0 atom stereocenters. The van der Waals surface area contributed by atoms with Gasteiger partial charge in [0.25, 0.3) is 5.70 Å². The molecule has 4 nitrogen and oxygen atoms in total. The number of nitrogens with zero attached hydrogens (tertiary/aromatic N) is 4. The Bertz CT molecular complexity index is 1780. The van der Waals surface area contributed by atoms with E-state index in [0.29, 0.717) is 0 Å². The van der Waals surface area contributed by atoms with Gasteiger partial charge in [-0.2, -0.15) is 10.5 Å². The first-order valence-corrected chi connectivity index (χ1v) is 16.0. The summed E-state index contributed by atoms with van der Waals surface area (Å²) in [4.78, 5) is 8.54. The molecule has 2 fully saturated rings. The van der Waals surface area contributed by atoms with E-state index in [2.05, 4.69) is 23.1 Å². The lowest BCUT2D eigenvalue weighted by Gasteiger charge is -2.36. The average molecular weight is 561 g/mol. The van der Waals surface area contributed by atoms with E-state index in [1.807, 2.05) is 40.9 Å². The fraction of sp³-hybridized carbons (Fsp3) is 0.375. The van der Waals surface area contributed by atoms with Crippen molar-refractivity contribution >= 4 is 55.6 Å². The third-order valence-electron chi connectivity index (χ3n) is 9.29. The number of allylic oxidation sites excluding steroid dienone is 4. The van der Waals surface area contributed by atoms with Gasteiger partial charge in [0, 0.05) is 31.0 Å². The van der Waals surface area contributed by atoms with Gasteiger partial charge in [-0.25, -0.2) is 10.1 Å². The van der Waals surface area contributed by atoms with Crippen LogP contribution in [0.25, 0.3) is 36.2 Å².